The molecule has 9 heteroatoms. The first-order valence-corrected chi connectivity index (χ1v) is 10.8. The molecule has 1 aliphatic rings. The maximum atomic E-state index is 13.6. The standard InChI is InChI=1S/C21H23FN2O5S/c1-28-19-8-6-16(14-20(19)30(26,27)24-10-12-29-13-11-24)7-9-21(25)23-15-17-4-2-3-5-18(17)22/h2-9,14H,10-13,15H2,1H3,(H,23,25)/b9-7+. The molecule has 2 aromatic rings. The van der Waals surface area contributed by atoms with Crippen molar-refractivity contribution in [3.63, 3.8) is 0 Å². The lowest BCUT2D eigenvalue weighted by Gasteiger charge is -2.26. The molecule has 7 nitrogen and oxygen atoms in total. The highest BCUT2D eigenvalue weighted by atomic mass is 32.2. The number of rotatable bonds is 7. The number of nitrogens with one attached hydrogen (secondary N) is 1. The summed E-state index contributed by atoms with van der Waals surface area (Å²) in [7, 11) is -2.36. The van der Waals surface area contributed by atoms with E-state index in [1.54, 1.807) is 30.3 Å². The van der Waals surface area contributed by atoms with Crippen LogP contribution in [0.15, 0.2) is 53.4 Å². The molecule has 1 amide bonds. The molecule has 1 heterocycles. The summed E-state index contributed by atoms with van der Waals surface area (Å²) < 4.78 is 51.4. The van der Waals surface area contributed by atoms with Crippen molar-refractivity contribution in [1.82, 2.24) is 9.62 Å². The van der Waals surface area contributed by atoms with E-state index in [9.17, 15) is 17.6 Å². The Hall–Kier alpha value is -2.75. The van der Waals surface area contributed by atoms with Gasteiger partial charge < -0.3 is 14.8 Å². The van der Waals surface area contributed by atoms with Crippen molar-refractivity contribution in [3.8, 4) is 5.75 Å². The van der Waals surface area contributed by atoms with Gasteiger partial charge in [-0.1, -0.05) is 24.3 Å². The largest absolute Gasteiger partial charge is 0.495 e. The van der Waals surface area contributed by atoms with Crippen molar-refractivity contribution in [1.29, 1.82) is 0 Å². The molecule has 0 aromatic heterocycles. The number of hydrogen-bond acceptors (Lipinski definition) is 5. The van der Waals surface area contributed by atoms with Gasteiger partial charge in [-0.25, -0.2) is 12.8 Å². The second-order valence-corrected chi connectivity index (χ2v) is 8.48. The topological polar surface area (TPSA) is 84.9 Å². The number of carbonyl (C=O) groups is 1. The van der Waals surface area contributed by atoms with Crippen LogP contribution in [0.25, 0.3) is 6.08 Å². The lowest BCUT2D eigenvalue weighted by Crippen LogP contribution is -2.40. The zero-order chi connectivity index (χ0) is 21.6. The van der Waals surface area contributed by atoms with Crippen LogP contribution < -0.4 is 10.1 Å². The number of hydrogen-bond donors (Lipinski definition) is 1. The highest BCUT2D eigenvalue weighted by Crippen LogP contribution is 2.28. The average Bonchev–Trinajstić information content (AvgIpc) is 2.77. The highest BCUT2D eigenvalue weighted by molar-refractivity contribution is 7.89. The molecule has 0 spiro atoms. The number of ether oxygens (including phenoxy) is 2. The molecule has 0 unspecified atom stereocenters. The van der Waals surface area contributed by atoms with Crippen molar-refractivity contribution in [3.05, 3.63) is 65.5 Å². The highest BCUT2D eigenvalue weighted by Gasteiger charge is 2.29. The summed E-state index contributed by atoms with van der Waals surface area (Å²) in [6.45, 7) is 1.26. The zero-order valence-electron chi connectivity index (χ0n) is 16.5. The summed E-state index contributed by atoms with van der Waals surface area (Å²) in [5.41, 5.74) is 0.895. The first-order chi connectivity index (χ1) is 14.4. The first-order valence-electron chi connectivity index (χ1n) is 9.37. The third kappa shape index (κ3) is 5.24. The molecular formula is C21H23FN2O5S. The molecule has 1 saturated heterocycles. The minimum atomic E-state index is -3.76. The Kier molecular flexibility index (Phi) is 7.20. The maximum Gasteiger partial charge on any atom is 0.246 e. The minimum Gasteiger partial charge on any atom is -0.495 e. The Morgan fingerprint density at radius 1 is 1.23 bits per heavy atom. The van der Waals surface area contributed by atoms with E-state index < -0.39 is 21.7 Å². The van der Waals surface area contributed by atoms with E-state index in [1.807, 2.05) is 0 Å². The quantitative estimate of drug-likeness (QED) is 0.676. The van der Waals surface area contributed by atoms with Crippen LogP contribution in [-0.2, 0) is 26.1 Å². The van der Waals surface area contributed by atoms with Crippen molar-refractivity contribution in [2.45, 2.75) is 11.4 Å². The van der Waals surface area contributed by atoms with Crippen LogP contribution >= 0.6 is 0 Å². The van der Waals surface area contributed by atoms with Crippen LogP contribution in [0.3, 0.4) is 0 Å². The van der Waals surface area contributed by atoms with E-state index in [0.29, 0.717) is 24.3 Å². The molecule has 0 saturated carbocycles. The van der Waals surface area contributed by atoms with Gasteiger partial charge in [-0.05, 0) is 29.8 Å². The van der Waals surface area contributed by atoms with Gasteiger partial charge in [-0.15, -0.1) is 0 Å². The van der Waals surface area contributed by atoms with Crippen molar-refractivity contribution in [2.24, 2.45) is 0 Å². The summed E-state index contributed by atoms with van der Waals surface area (Å²) in [5, 5.41) is 2.60. The number of halogens is 1. The molecule has 0 aliphatic carbocycles. The van der Waals surface area contributed by atoms with Gasteiger partial charge in [-0.3, -0.25) is 4.79 Å². The SMILES string of the molecule is COc1ccc(/C=C/C(=O)NCc2ccccc2F)cc1S(=O)(=O)N1CCOCC1. The molecule has 0 atom stereocenters. The van der Waals surface area contributed by atoms with E-state index in [-0.39, 0.29) is 30.3 Å². The van der Waals surface area contributed by atoms with Gasteiger partial charge >= 0.3 is 0 Å². The Balaban J connectivity index is 1.74. The number of methoxy groups -OCH3 is 1. The van der Waals surface area contributed by atoms with Gasteiger partial charge in [0, 0.05) is 31.3 Å². The molecule has 2 aromatic carbocycles. The Morgan fingerprint density at radius 2 is 1.97 bits per heavy atom. The smallest absolute Gasteiger partial charge is 0.246 e. The fraction of sp³-hybridized carbons (Fsp3) is 0.286. The molecule has 160 valence electrons. The van der Waals surface area contributed by atoms with Crippen LogP contribution in [0.1, 0.15) is 11.1 Å². The van der Waals surface area contributed by atoms with E-state index in [1.165, 1.54) is 35.7 Å². The molecule has 0 bridgehead atoms. The molecule has 30 heavy (non-hydrogen) atoms. The minimum absolute atomic E-state index is 0.0285. The summed E-state index contributed by atoms with van der Waals surface area (Å²) in [4.78, 5) is 12.1. The van der Waals surface area contributed by atoms with Crippen molar-refractivity contribution < 1.29 is 27.1 Å². The van der Waals surface area contributed by atoms with E-state index in [0.717, 1.165) is 0 Å². The Bertz CT molecular complexity index is 1030. The number of amides is 1. The summed E-state index contributed by atoms with van der Waals surface area (Å²) in [6.07, 6.45) is 2.77. The molecule has 1 fully saturated rings. The molecule has 1 aliphatic heterocycles. The van der Waals surface area contributed by atoms with Crippen LogP contribution in [0.2, 0.25) is 0 Å². The molecule has 3 rings (SSSR count). The molecule has 1 N–H and O–H groups in total. The summed E-state index contributed by atoms with van der Waals surface area (Å²) in [5.74, 6) is -0.593. The number of carbonyl (C=O) groups excluding carboxylic acids is 1. The van der Waals surface area contributed by atoms with Crippen molar-refractivity contribution in [2.75, 3.05) is 33.4 Å². The predicted molar refractivity (Wildman–Crippen MR) is 110 cm³/mol. The van der Waals surface area contributed by atoms with E-state index in [4.69, 9.17) is 9.47 Å². The van der Waals surface area contributed by atoms with Gasteiger partial charge in [0.15, 0.2) is 0 Å². The van der Waals surface area contributed by atoms with Crippen LogP contribution in [0.5, 0.6) is 5.75 Å². The zero-order valence-corrected chi connectivity index (χ0v) is 17.3. The summed E-state index contributed by atoms with van der Waals surface area (Å²) in [6, 6.07) is 10.8. The van der Waals surface area contributed by atoms with Crippen molar-refractivity contribution >= 4 is 22.0 Å². The monoisotopic (exact) mass is 434 g/mol. The van der Waals surface area contributed by atoms with Crippen LogP contribution in [0.4, 0.5) is 4.39 Å². The normalized spacial score (nSPS) is 15.3. The lowest BCUT2D eigenvalue weighted by atomic mass is 10.2. The van der Waals surface area contributed by atoms with Gasteiger partial charge in [0.05, 0.1) is 20.3 Å². The molecular weight excluding hydrogens is 411 g/mol. The van der Waals surface area contributed by atoms with E-state index >= 15 is 0 Å². The van der Waals surface area contributed by atoms with Gasteiger partial charge in [0.1, 0.15) is 16.5 Å². The third-order valence-corrected chi connectivity index (χ3v) is 6.53. The van der Waals surface area contributed by atoms with E-state index in [2.05, 4.69) is 5.32 Å². The fourth-order valence-corrected chi connectivity index (χ4v) is 4.58. The first kappa shape index (κ1) is 21.9. The predicted octanol–water partition coefficient (Wildman–Crippen LogP) is 2.18. The fourth-order valence-electron chi connectivity index (χ4n) is 2.98. The second kappa shape index (κ2) is 9.84. The second-order valence-electron chi connectivity index (χ2n) is 6.57. The summed E-state index contributed by atoms with van der Waals surface area (Å²) >= 11 is 0. The Morgan fingerprint density at radius 3 is 2.67 bits per heavy atom. The van der Waals surface area contributed by atoms with Gasteiger partial charge in [0.25, 0.3) is 0 Å². The number of nitrogens with zero attached hydrogens (tertiary/aromatic N) is 1. The van der Waals surface area contributed by atoms with Gasteiger partial charge in [0.2, 0.25) is 15.9 Å². The van der Waals surface area contributed by atoms with Gasteiger partial charge in [-0.2, -0.15) is 4.31 Å². The lowest BCUT2D eigenvalue weighted by molar-refractivity contribution is -0.116. The maximum absolute atomic E-state index is 13.6. The number of morpholine rings is 1. The average molecular weight is 434 g/mol. The number of benzene rings is 2. The Labute approximate surface area is 175 Å². The van der Waals surface area contributed by atoms with Crippen LogP contribution in [-0.4, -0.2) is 52.0 Å². The van der Waals surface area contributed by atoms with Crippen LogP contribution in [0, 0.1) is 5.82 Å². The third-order valence-electron chi connectivity index (χ3n) is 4.61. The molecule has 0 radical (unpaired) electrons. The number of sulfonamides is 1.